The molecule has 0 spiro atoms. The van der Waals surface area contributed by atoms with Crippen LogP contribution in [0.4, 0.5) is 11.6 Å². The van der Waals surface area contributed by atoms with Crippen LogP contribution in [-0.4, -0.2) is 28.8 Å². The lowest BCUT2D eigenvalue weighted by molar-refractivity contribution is 0.214. The number of aliphatic hydroxyl groups excluding tert-OH is 1. The molecule has 1 aliphatic rings. The van der Waals surface area contributed by atoms with Crippen LogP contribution in [0.1, 0.15) is 32.6 Å². The van der Waals surface area contributed by atoms with Crippen molar-refractivity contribution in [3.8, 4) is 0 Å². The first-order valence-electron chi connectivity index (χ1n) is 6.38. The van der Waals surface area contributed by atoms with E-state index in [0.717, 1.165) is 31.0 Å². The van der Waals surface area contributed by atoms with Gasteiger partial charge < -0.3 is 15.7 Å². The van der Waals surface area contributed by atoms with Crippen LogP contribution >= 0.6 is 0 Å². The summed E-state index contributed by atoms with van der Waals surface area (Å²) in [5, 5.41) is 16.1. The number of hydrogen-bond acceptors (Lipinski definition) is 4. The molecule has 3 N–H and O–H groups in total. The first-order chi connectivity index (χ1) is 8.28. The molecule has 1 saturated carbocycles. The number of aliphatic hydroxyl groups is 1. The summed E-state index contributed by atoms with van der Waals surface area (Å²) < 4.78 is 0. The molecule has 0 saturated heterocycles. The van der Waals surface area contributed by atoms with Crippen molar-refractivity contribution in [2.45, 2.75) is 38.1 Å². The van der Waals surface area contributed by atoms with E-state index in [-0.39, 0.29) is 12.1 Å². The molecule has 0 radical (unpaired) electrons. The van der Waals surface area contributed by atoms with Crippen molar-refractivity contribution in [2.75, 3.05) is 23.8 Å². The van der Waals surface area contributed by atoms with Crippen LogP contribution in [0.2, 0.25) is 0 Å². The summed E-state index contributed by atoms with van der Waals surface area (Å²) in [6.45, 7) is 3.09. The molecule has 94 valence electrons. The molecular weight excluding hydrogens is 214 g/mol. The largest absolute Gasteiger partial charge is 0.394 e. The Morgan fingerprint density at radius 1 is 1.29 bits per heavy atom. The number of pyridine rings is 1. The predicted molar refractivity (Wildman–Crippen MR) is 70.3 cm³/mol. The number of hydrogen-bond donors (Lipinski definition) is 3. The zero-order valence-electron chi connectivity index (χ0n) is 10.4. The van der Waals surface area contributed by atoms with Gasteiger partial charge in [-0.05, 0) is 31.9 Å². The second-order valence-electron chi connectivity index (χ2n) is 4.71. The van der Waals surface area contributed by atoms with Gasteiger partial charge in [-0.1, -0.05) is 18.9 Å². The lowest BCUT2D eigenvalue weighted by atomic mass is 9.99. The van der Waals surface area contributed by atoms with Crippen LogP contribution in [0.5, 0.6) is 0 Å². The summed E-state index contributed by atoms with van der Waals surface area (Å²) in [5.74, 6) is 1.72. The van der Waals surface area contributed by atoms with Crippen LogP contribution in [0.3, 0.4) is 0 Å². The van der Waals surface area contributed by atoms with Crippen LogP contribution in [0.15, 0.2) is 18.2 Å². The topological polar surface area (TPSA) is 57.2 Å². The smallest absolute Gasteiger partial charge is 0.128 e. The highest BCUT2D eigenvalue weighted by Gasteiger charge is 2.33. The molecule has 1 fully saturated rings. The van der Waals surface area contributed by atoms with Gasteiger partial charge >= 0.3 is 0 Å². The number of rotatable bonds is 5. The van der Waals surface area contributed by atoms with Gasteiger partial charge in [0.1, 0.15) is 11.6 Å². The van der Waals surface area contributed by atoms with E-state index in [9.17, 15) is 5.11 Å². The van der Waals surface area contributed by atoms with E-state index in [4.69, 9.17) is 0 Å². The molecule has 0 atom stereocenters. The van der Waals surface area contributed by atoms with Gasteiger partial charge in [-0.15, -0.1) is 0 Å². The Balaban J connectivity index is 2.09. The third-order valence-corrected chi connectivity index (χ3v) is 3.36. The maximum Gasteiger partial charge on any atom is 0.128 e. The van der Waals surface area contributed by atoms with Crippen molar-refractivity contribution in [3.05, 3.63) is 18.2 Å². The average molecular weight is 235 g/mol. The van der Waals surface area contributed by atoms with E-state index in [0.29, 0.717) is 0 Å². The van der Waals surface area contributed by atoms with E-state index >= 15 is 0 Å². The molecule has 0 unspecified atom stereocenters. The SMILES string of the molecule is CCNc1cccc(NC2(CO)CCCC2)n1. The van der Waals surface area contributed by atoms with Crippen molar-refractivity contribution in [3.63, 3.8) is 0 Å². The van der Waals surface area contributed by atoms with Gasteiger partial charge in [0.15, 0.2) is 0 Å². The Bertz CT molecular complexity index is 361. The van der Waals surface area contributed by atoms with E-state index in [2.05, 4.69) is 15.6 Å². The number of aromatic nitrogens is 1. The minimum Gasteiger partial charge on any atom is -0.394 e. The lowest BCUT2D eigenvalue weighted by Crippen LogP contribution is -2.39. The Hall–Kier alpha value is -1.29. The van der Waals surface area contributed by atoms with Crippen LogP contribution in [0, 0.1) is 0 Å². The normalized spacial score (nSPS) is 18.0. The van der Waals surface area contributed by atoms with Crippen LogP contribution < -0.4 is 10.6 Å². The maximum atomic E-state index is 9.54. The third-order valence-electron chi connectivity index (χ3n) is 3.36. The Morgan fingerprint density at radius 3 is 2.65 bits per heavy atom. The molecule has 0 bridgehead atoms. The number of anilines is 2. The zero-order chi connectivity index (χ0) is 12.1. The average Bonchev–Trinajstić information content (AvgIpc) is 2.79. The summed E-state index contributed by atoms with van der Waals surface area (Å²) in [6, 6.07) is 5.89. The second kappa shape index (κ2) is 5.36. The highest BCUT2D eigenvalue weighted by Crippen LogP contribution is 2.32. The molecule has 1 heterocycles. The first-order valence-corrected chi connectivity index (χ1v) is 6.38. The molecule has 4 nitrogen and oxygen atoms in total. The molecule has 0 aliphatic heterocycles. The summed E-state index contributed by atoms with van der Waals surface area (Å²) in [5.41, 5.74) is -0.155. The number of nitrogens with one attached hydrogen (secondary N) is 2. The summed E-state index contributed by atoms with van der Waals surface area (Å²) in [6.07, 6.45) is 4.41. The standard InChI is InChI=1S/C13H21N3O/c1-2-14-11-6-5-7-12(15-11)16-13(10-17)8-3-4-9-13/h5-7,17H,2-4,8-10H2,1H3,(H2,14,15,16). The summed E-state index contributed by atoms with van der Waals surface area (Å²) >= 11 is 0. The van der Waals surface area contributed by atoms with Gasteiger partial charge in [0.25, 0.3) is 0 Å². The monoisotopic (exact) mass is 235 g/mol. The molecule has 0 aromatic carbocycles. The quantitative estimate of drug-likeness (QED) is 0.732. The van der Waals surface area contributed by atoms with Gasteiger partial charge in [-0.3, -0.25) is 0 Å². The van der Waals surface area contributed by atoms with Gasteiger partial charge in [0.2, 0.25) is 0 Å². The fourth-order valence-corrected chi connectivity index (χ4v) is 2.43. The van der Waals surface area contributed by atoms with Gasteiger partial charge in [0.05, 0.1) is 12.1 Å². The molecule has 4 heteroatoms. The minimum atomic E-state index is -0.155. The Kier molecular flexibility index (Phi) is 3.84. The third kappa shape index (κ3) is 2.88. The molecule has 17 heavy (non-hydrogen) atoms. The molecule has 2 rings (SSSR count). The molecule has 0 amide bonds. The Labute approximate surface area is 102 Å². The first kappa shape index (κ1) is 12.2. The van der Waals surface area contributed by atoms with Gasteiger partial charge in [-0.2, -0.15) is 0 Å². The maximum absolute atomic E-state index is 9.54. The second-order valence-corrected chi connectivity index (χ2v) is 4.71. The highest BCUT2D eigenvalue weighted by atomic mass is 16.3. The van der Waals surface area contributed by atoms with Crippen LogP contribution in [0.25, 0.3) is 0 Å². The zero-order valence-corrected chi connectivity index (χ0v) is 10.4. The van der Waals surface area contributed by atoms with Crippen molar-refractivity contribution >= 4 is 11.6 Å². The van der Waals surface area contributed by atoms with Crippen molar-refractivity contribution in [2.24, 2.45) is 0 Å². The van der Waals surface area contributed by atoms with Gasteiger partial charge in [-0.25, -0.2) is 4.98 Å². The summed E-state index contributed by atoms with van der Waals surface area (Å²) in [4.78, 5) is 4.49. The van der Waals surface area contributed by atoms with Gasteiger partial charge in [0, 0.05) is 6.54 Å². The Morgan fingerprint density at radius 2 is 2.00 bits per heavy atom. The fraction of sp³-hybridized carbons (Fsp3) is 0.615. The van der Waals surface area contributed by atoms with Crippen molar-refractivity contribution in [1.29, 1.82) is 0 Å². The van der Waals surface area contributed by atoms with Crippen molar-refractivity contribution < 1.29 is 5.11 Å². The van der Waals surface area contributed by atoms with Crippen LogP contribution in [-0.2, 0) is 0 Å². The van der Waals surface area contributed by atoms with E-state index < -0.39 is 0 Å². The van der Waals surface area contributed by atoms with E-state index in [1.54, 1.807) is 0 Å². The molecule has 1 aliphatic carbocycles. The number of nitrogens with zero attached hydrogens (tertiary/aromatic N) is 1. The van der Waals surface area contributed by atoms with E-state index in [1.165, 1.54) is 12.8 Å². The molecular formula is C13H21N3O. The molecule has 1 aromatic heterocycles. The fourth-order valence-electron chi connectivity index (χ4n) is 2.43. The van der Waals surface area contributed by atoms with E-state index in [1.807, 2.05) is 25.1 Å². The highest BCUT2D eigenvalue weighted by molar-refractivity contribution is 5.46. The van der Waals surface area contributed by atoms with Crippen molar-refractivity contribution in [1.82, 2.24) is 4.98 Å². The minimum absolute atomic E-state index is 0.155. The predicted octanol–water partition coefficient (Wildman–Crippen LogP) is 2.23. The lowest BCUT2D eigenvalue weighted by Gasteiger charge is -2.28. The summed E-state index contributed by atoms with van der Waals surface area (Å²) in [7, 11) is 0. The molecule has 1 aromatic rings.